The number of benzene rings is 2. The summed E-state index contributed by atoms with van der Waals surface area (Å²) in [5, 5.41) is 2.11. The van der Waals surface area contributed by atoms with Crippen molar-refractivity contribution in [1.29, 1.82) is 0 Å². The standard InChI is InChI=1S/C17H12N2O/c20-17(13-1-3-15-11(9-13)5-7-18-15)14-2-4-16-12(10-14)6-8-19-16/h1-10,18-19H. The van der Waals surface area contributed by atoms with E-state index in [1.54, 1.807) is 0 Å². The second-order valence-corrected chi connectivity index (χ2v) is 4.89. The Morgan fingerprint density at radius 1 is 0.700 bits per heavy atom. The maximum Gasteiger partial charge on any atom is 0.193 e. The van der Waals surface area contributed by atoms with E-state index < -0.39 is 0 Å². The Bertz CT molecular complexity index is 854. The van der Waals surface area contributed by atoms with Gasteiger partial charge in [-0.15, -0.1) is 0 Å². The van der Waals surface area contributed by atoms with Crippen molar-refractivity contribution in [2.24, 2.45) is 0 Å². The molecule has 0 spiro atoms. The highest BCUT2D eigenvalue weighted by Crippen LogP contribution is 2.20. The average molecular weight is 260 g/mol. The third-order valence-corrected chi connectivity index (χ3v) is 3.63. The van der Waals surface area contributed by atoms with Gasteiger partial charge in [0, 0.05) is 45.3 Å². The van der Waals surface area contributed by atoms with Crippen LogP contribution >= 0.6 is 0 Å². The van der Waals surface area contributed by atoms with Gasteiger partial charge in [-0.1, -0.05) is 0 Å². The van der Waals surface area contributed by atoms with Gasteiger partial charge in [0.2, 0.25) is 0 Å². The van der Waals surface area contributed by atoms with Crippen LogP contribution < -0.4 is 0 Å². The first-order valence-corrected chi connectivity index (χ1v) is 6.50. The monoisotopic (exact) mass is 260 g/mol. The molecular formula is C17H12N2O. The maximum atomic E-state index is 12.6. The van der Waals surface area contributed by atoms with E-state index in [-0.39, 0.29) is 5.78 Å². The fourth-order valence-electron chi connectivity index (χ4n) is 2.56. The summed E-state index contributed by atoms with van der Waals surface area (Å²) >= 11 is 0. The minimum Gasteiger partial charge on any atom is -0.361 e. The fourth-order valence-corrected chi connectivity index (χ4v) is 2.56. The van der Waals surface area contributed by atoms with Crippen LogP contribution in [0.15, 0.2) is 60.9 Å². The van der Waals surface area contributed by atoms with Crippen molar-refractivity contribution in [1.82, 2.24) is 9.97 Å². The molecule has 2 N–H and O–H groups in total. The molecule has 0 radical (unpaired) electrons. The molecule has 0 unspecified atom stereocenters. The predicted octanol–water partition coefficient (Wildman–Crippen LogP) is 3.88. The SMILES string of the molecule is O=C(c1ccc2[nH]ccc2c1)c1ccc2[nH]ccc2c1. The number of aromatic nitrogens is 2. The van der Waals surface area contributed by atoms with Crippen molar-refractivity contribution in [3.63, 3.8) is 0 Å². The number of carbonyl (C=O) groups is 1. The van der Waals surface area contributed by atoms with Crippen molar-refractivity contribution in [2.45, 2.75) is 0 Å². The smallest absolute Gasteiger partial charge is 0.193 e. The van der Waals surface area contributed by atoms with Crippen molar-refractivity contribution >= 4 is 27.6 Å². The van der Waals surface area contributed by atoms with Crippen LogP contribution in [0.5, 0.6) is 0 Å². The van der Waals surface area contributed by atoms with E-state index >= 15 is 0 Å². The molecule has 3 nitrogen and oxygen atoms in total. The lowest BCUT2D eigenvalue weighted by Gasteiger charge is -2.02. The summed E-state index contributed by atoms with van der Waals surface area (Å²) in [7, 11) is 0. The van der Waals surface area contributed by atoms with Gasteiger partial charge in [-0.2, -0.15) is 0 Å². The topological polar surface area (TPSA) is 48.6 Å². The van der Waals surface area contributed by atoms with E-state index in [1.165, 1.54) is 0 Å². The van der Waals surface area contributed by atoms with E-state index in [4.69, 9.17) is 0 Å². The van der Waals surface area contributed by atoms with Gasteiger partial charge in [-0.05, 0) is 48.5 Å². The molecule has 0 amide bonds. The van der Waals surface area contributed by atoms with Crippen LogP contribution in [0.2, 0.25) is 0 Å². The zero-order valence-electron chi connectivity index (χ0n) is 10.7. The summed E-state index contributed by atoms with van der Waals surface area (Å²) in [6.07, 6.45) is 3.76. The first-order chi connectivity index (χ1) is 9.81. The first kappa shape index (κ1) is 11.1. The van der Waals surface area contributed by atoms with Crippen LogP contribution in [0.3, 0.4) is 0 Å². The zero-order chi connectivity index (χ0) is 13.5. The summed E-state index contributed by atoms with van der Waals surface area (Å²) in [6, 6.07) is 15.4. The lowest BCUT2D eigenvalue weighted by molar-refractivity contribution is 0.103. The molecule has 20 heavy (non-hydrogen) atoms. The summed E-state index contributed by atoms with van der Waals surface area (Å²) in [6.45, 7) is 0. The summed E-state index contributed by atoms with van der Waals surface area (Å²) in [5.74, 6) is 0.0520. The van der Waals surface area contributed by atoms with Gasteiger partial charge in [0.1, 0.15) is 0 Å². The number of ketones is 1. The third kappa shape index (κ3) is 1.64. The number of carbonyl (C=O) groups excluding carboxylic acids is 1. The molecule has 0 fully saturated rings. The summed E-state index contributed by atoms with van der Waals surface area (Å²) < 4.78 is 0. The Hall–Kier alpha value is -2.81. The molecule has 96 valence electrons. The predicted molar refractivity (Wildman–Crippen MR) is 80.0 cm³/mol. The molecule has 2 aromatic carbocycles. The highest BCUT2D eigenvalue weighted by atomic mass is 16.1. The molecule has 4 aromatic rings. The van der Waals surface area contributed by atoms with Gasteiger partial charge in [0.05, 0.1) is 0 Å². The Labute approximate surface area is 115 Å². The molecule has 0 saturated carbocycles. The van der Waals surface area contributed by atoms with E-state index in [0.29, 0.717) is 11.1 Å². The fraction of sp³-hybridized carbons (Fsp3) is 0. The normalized spacial score (nSPS) is 11.2. The van der Waals surface area contributed by atoms with Crippen molar-refractivity contribution in [2.75, 3.05) is 0 Å². The van der Waals surface area contributed by atoms with E-state index in [1.807, 2.05) is 60.9 Å². The van der Waals surface area contributed by atoms with Crippen molar-refractivity contribution in [3.8, 4) is 0 Å². The molecule has 3 heteroatoms. The number of hydrogen-bond acceptors (Lipinski definition) is 1. The molecule has 0 saturated heterocycles. The van der Waals surface area contributed by atoms with Gasteiger partial charge in [0.25, 0.3) is 0 Å². The van der Waals surface area contributed by atoms with Gasteiger partial charge >= 0.3 is 0 Å². The second kappa shape index (κ2) is 4.10. The van der Waals surface area contributed by atoms with Crippen molar-refractivity contribution < 1.29 is 4.79 Å². The first-order valence-electron chi connectivity index (χ1n) is 6.50. The van der Waals surface area contributed by atoms with Crippen LogP contribution in [-0.2, 0) is 0 Å². The van der Waals surface area contributed by atoms with E-state index in [2.05, 4.69) is 9.97 Å². The number of H-pyrrole nitrogens is 2. The second-order valence-electron chi connectivity index (χ2n) is 4.89. The minimum atomic E-state index is 0.0520. The Morgan fingerprint density at radius 2 is 1.20 bits per heavy atom. The highest BCUT2D eigenvalue weighted by Gasteiger charge is 2.10. The Morgan fingerprint density at radius 3 is 1.70 bits per heavy atom. The van der Waals surface area contributed by atoms with Crippen molar-refractivity contribution in [3.05, 3.63) is 72.1 Å². The molecular weight excluding hydrogens is 248 g/mol. The molecule has 2 heterocycles. The van der Waals surface area contributed by atoms with Gasteiger partial charge in [-0.25, -0.2) is 0 Å². The van der Waals surface area contributed by atoms with Crippen LogP contribution in [0.25, 0.3) is 21.8 Å². The van der Waals surface area contributed by atoms with Gasteiger partial charge in [-0.3, -0.25) is 4.79 Å². The van der Waals surface area contributed by atoms with E-state index in [0.717, 1.165) is 21.8 Å². The minimum absolute atomic E-state index is 0.0520. The van der Waals surface area contributed by atoms with E-state index in [9.17, 15) is 4.79 Å². The number of aromatic amines is 2. The molecule has 0 aliphatic carbocycles. The molecule has 2 aromatic heterocycles. The number of nitrogens with one attached hydrogen (secondary N) is 2. The molecule has 0 bridgehead atoms. The number of hydrogen-bond donors (Lipinski definition) is 2. The quantitative estimate of drug-likeness (QED) is 0.528. The zero-order valence-corrected chi connectivity index (χ0v) is 10.7. The highest BCUT2D eigenvalue weighted by molar-refractivity contribution is 6.11. The molecule has 4 rings (SSSR count). The number of fused-ring (bicyclic) bond motifs is 2. The molecule has 0 aliphatic rings. The van der Waals surface area contributed by atoms with Crippen LogP contribution in [-0.4, -0.2) is 15.8 Å². The average Bonchev–Trinajstić information content (AvgIpc) is 3.13. The lowest BCUT2D eigenvalue weighted by atomic mass is 10.0. The molecule has 0 aliphatic heterocycles. The van der Waals surface area contributed by atoms with Crippen LogP contribution in [0.4, 0.5) is 0 Å². The summed E-state index contributed by atoms with van der Waals surface area (Å²) in [5.41, 5.74) is 3.52. The largest absolute Gasteiger partial charge is 0.361 e. The molecule has 0 atom stereocenters. The third-order valence-electron chi connectivity index (χ3n) is 3.63. The maximum absolute atomic E-state index is 12.6. The van der Waals surface area contributed by atoms with Gasteiger partial charge < -0.3 is 9.97 Å². The Kier molecular flexibility index (Phi) is 2.27. The van der Waals surface area contributed by atoms with Crippen LogP contribution in [0.1, 0.15) is 15.9 Å². The summed E-state index contributed by atoms with van der Waals surface area (Å²) in [4.78, 5) is 18.8. The lowest BCUT2D eigenvalue weighted by Crippen LogP contribution is -2.00. The number of rotatable bonds is 2. The Balaban J connectivity index is 1.81. The van der Waals surface area contributed by atoms with Gasteiger partial charge in [0.15, 0.2) is 5.78 Å². The van der Waals surface area contributed by atoms with Crippen LogP contribution in [0, 0.1) is 0 Å².